The fourth-order valence-electron chi connectivity index (χ4n) is 7.97. The third kappa shape index (κ3) is 22.3. The van der Waals surface area contributed by atoms with Crippen LogP contribution in [0.2, 0.25) is 0 Å². The third-order valence-corrected chi connectivity index (χ3v) is 13.2. The molecule has 2 heterocycles. The Morgan fingerprint density at radius 3 is 2.33 bits per heavy atom. The van der Waals surface area contributed by atoms with E-state index < -0.39 is 23.2 Å². The minimum Gasteiger partial charge on any atom is -0.493 e. The van der Waals surface area contributed by atoms with Crippen LogP contribution in [0.25, 0.3) is 11.0 Å². The maximum Gasteiger partial charge on any atom is 0.336 e. The van der Waals surface area contributed by atoms with Crippen LogP contribution in [0.3, 0.4) is 0 Å². The van der Waals surface area contributed by atoms with Crippen LogP contribution in [0.1, 0.15) is 130 Å². The fraction of sp³-hybridized carbons (Fsp3) is 0.482. The van der Waals surface area contributed by atoms with Gasteiger partial charge in [-0.2, -0.15) is 0 Å². The monoisotopic (exact) mass is 1210 g/mol. The Morgan fingerprint density at radius 1 is 0.797 bits per heavy atom. The van der Waals surface area contributed by atoms with Crippen molar-refractivity contribution in [3.8, 4) is 17.2 Å². The van der Waals surface area contributed by atoms with Crippen LogP contribution in [0.15, 0.2) is 87.3 Å². The largest absolute Gasteiger partial charge is 0.493 e. The van der Waals surface area contributed by atoms with Gasteiger partial charge in [0, 0.05) is 103 Å². The Kier molecular flexibility index (Phi) is 25.0. The molecule has 3 aromatic carbocycles. The molecule has 0 saturated heterocycles. The van der Waals surface area contributed by atoms with Gasteiger partial charge >= 0.3 is 5.63 Å². The number of rotatable bonds is 35. The van der Waals surface area contributed by atoms with Gasteiger partial charge in [-0.15, -0.1) is 5.10 Å². The Bertz CT molecular complexity index is 2920. The number of halogens is 1. The summed E-state index contributed by atoms with van der Waals surface area (Å²) in [5.74, 6) is -0.115. The number of nitrogens with zero attached hydrogens (tertiary/aromatic N) is 4. The Morgan fingerprint density at radius 2 is 1.56 bits per heavy atom. The van der Waals surface area contributed by atoms with Gasteiger partial charge in [0.05, 0.1) is 35.7 Å². The van der Waals surface area contributed by atoms with Gasteiger partial charge in [0.1, 0.15) is 41.7 Å². The smallest absolute Gasteiger partial charge is 0.336 e. The highest BCUT2D eigenvalue weighted by molar-refractivity contribution is 14.1. The topological polar surface area (TPSA) is 291 Å². The van der Waals surface area contributed by atoms with Gasteiger partial charge in [-0.3, -0.25) is 28.7 Å². The highest BCUT2D eigenvalue weighted by atomic mass is 127. The minimum atomic E-state index is -0.483. The van der Waals surface area contributed by atoms with Crippen LogP contribution in [-0.4, -0.2) is 113 Å². The summed E-state index contributed by atoms with van der Waals surface area (Å²) in [7, 11) is 0. The molecule has 0 bridgehead atoms. The van der Waals surface area contributed by atoms with E-state index in [2.05, 4.69) is 40.3 Å². The second-order valence-corrected chi connectivity index (χ2v) is 20.8. The Balaban J connectivity index is 1.05. The molecule has 22 nitrogen and oxygen atoms in total. The zero-order chi connectivity index (χ0) is 57.4. The van der Waals surface area contributed by atoms with Crippen LogP contribution < -0.4 is 50.4 Å². The number of aromatic nitrogens is 3. The van der Waals surface area contributed by atoms with Gasteiger partial charge < -0.3 is 55.2 Å². The molecule has 428 valence electrons. The number of benzene rings is 3. The van der Waals surface area contributed by atoms with Gasteiger partial charge in [0.25, 0.3) is 17.7 Å². The first kappa shape index (κ1) is 62.7. The molecule has 0 saturated carbocycles. The summed E-state index contributed by atoms with van der Waals surface area (Å²) < 4.78 is 33.6. The molecular formula is C56H75IN10O12. The average Bonchev–Trinajstić information content (AvgIpc) is 3.90. The first-order valence-corrected chi connectivity index (χ1v) is 27.4. The molecule has 0 aliphatic rings. The molecule has 0 radical (unpaired) electrons. The van der Waals surface area contributed by atoms with Gasteiger partial charge in [0.2, 0.25) is 11.8 Å². The number of hydrogen-bond acceptors (Lipinski definition) is 16. The van der Waals surface area contributed by atoms with Crippen LogP contribution >= 0.6 is 22.9 Å². The zero-order valence-corrected chi connectivity index (χ0v) is 48.3. The molecule has 0 aliphatic carbocycles. The summed E-state index contributed by atoms with van der Waals surface area (Å²) in [6, 6.07) is 18.2. The molecule has 0 aliphatic heterocycles. The molecule has 5 rings (SSSR count). The van der Waals surface area contributed by atoms with Crippen molar-refractivity contribution in [1.82, 2.24) is 39.8 Å². The normalized spacial score (nSPS) is 12.1. The Hall–Kier alpha value is -7.12. The van der Waals surface area contributed by atoms with Crippen molar-refractivity contribution in [1.29, 1.82) is 0 Å². The summed E-state index contributed by atoms with van der Waals surface area (Å²) in [5, 5.41) is 25.2. The number of nitrogens with one attached hydrogen (secondary N) is 5. The maximum absolute atomic E-state index is 13.6. The SMILES string of the molecule is CC(=O)NC(C)(C)CCOC(C)(C)CCNC(=O)c1cccc(OCc2cn(CCCOc3ccc(/C(C)=N/OCCCCNC(=O)COc4ccc5c(C)cc(=O)oc5c4)cc3C(=O)NCCCC[C@H](NI)C(N)=O)nn2)c1. The quantitative estimate of drug-likeness (QED) is 0.00642. The van der Waals surface area contributed by atoms with E-state index in [0.29, 0.717) is 142 Å². The molecule has 0 spiro atoms. The first-order chi connectivity index (χ1) is 37.7. The van der Waals surface area contributed by atoms with E-state index in [9.17, 15) is 28.8 Å². The van der Waals surface area contributed by atoms with Crippen molar-refractivity contribution in [3.63, 3.8) is 0 Å². The molecule has 5 aromatic rings. The number of ether oxygens (including phenoxy) is 4. The van der Waals surface area contributed by atoms with Crippen molar-refractivity contribution in [2.45, 2.75) is 130 Å². The lowest BCUT2D eigenvalue weighted by Crippen LogP contribution is -2.43. The number of carbonyl (C=O) groups excluding carboxylic acids is 5. The van der Waals surface area contributed by atoms with Crippen molar-refractivity contribution in [3.05, 3.63) is 111 Å². The number of primary amides is 1. The molecule has 0 fully saturated rings. The molecule has 0 unspecified atom stereocenters. The summed E-state index contributed by atoms with van der Waals surface area (Å²) in [6.07, 6.45) is 6.60. The van der Waals surface area contributed by atoms with Crippen molar-refractivity contribution in [2.75, 3.05) is 46.1 Å². The van der Waals surface area contributed by atoms with Crippen molar-refractivity contribution in [2.24, 2.45) is 10.9 Å². The molecule has 2 aromatic heterocycles. The molecule has 7 N–H and O–H groups in total. The van der Waals surface area contributed by atoms with E-state index >= 15 is 0 Å². The van der Waals surface area contributed by atoms with E-state index in [4.69, 9.17) is 33.9 Å². The predicted molar refractivity (Wildman–Crippen MR) is 306 cm³/mol. The predicted octanol–water partition coefficient (Wildman–Crippen LogP) is 6.37. The van der Waals surface area contributed by atoms with Crippen LogP contribution in [0, 0.1) is 6.92 Å². The number of carbonyl (C=O) groups is 5. The van der Waals surface area contributed by atoms with Crippen LogP contribution in [0.5, 0.6) is 17.2 Å². The lowest BCUT2D eigenvalue weighted by Gasteiger charge is -2.30. The maximum atomic E-state index is 13.6. The van der Waals surface area contributed by atoms with E-state index in [1.807, 2.05) is 57.5 Å². The third-order valence-electron chi connectivity index (χ3n) is 12.4. The van der Waals surface area contributed by atoms with Gasteiger partial charge in [-0.25, -0.2) is 8.32 Å². The lowest BCUT2D eigenvalue weighted by molar-refractivity contribution is -0.123. The number of oxime groups is 1. The number of nitrogens with two attached hydrogens (primary N) is 1. The van der Waals surface area contributed by atoms with E-state index in [1.54, 1.807) is 78.5 Å². The highest BCUT2D eigenvalue weighted by Crippen LogP contribution is 2.24. The minimum absolute atomic E-state index is 0.0874. The number of hydrogen-bond donors (Lipinski definition) is 6. The fourth-order valence-corrected chi connectivity index (χ4v) is 8.59. The lowest BCUT2D eigenvalue weighted by atomic mass is 10.0. The molecule has 5 amide bonds. The summed E-state index contributed by atoms with van der Waals surface area (Å²) in [5.41, 5.74) is 7.85. The van der Waals surface area contributed by atoms with Crippen LogP contribution in [0.4, 0.5) is 0 Å². The molecule has 1 atom stereocenters. The second kappa shape index (κ2) is 31.5. The molecular weight excluding hydrogens is 1130 g/mol. The summed E-state index contributed by atoms with van der Waals surface area (Å²) in [6.45, 7) is 15.5. The van der Waals surface area contributed by atoms with Gasteiger partial charge in [-0.1, -0.05) is 16.4 Å². The van der Waals surface area contributed by atoms with Crippen molar-refractivity contribution >= 4 is 69.1 Å². The number of unbranched alkanes of at least 4 members (excludes halogenated alkanes) is 2. The van der Waals surface area contributed by atoms with Crippen LogP contribution in [-0.2, 0) is 37.1 Å². The number of aryl methyl sites for hydroxylation is 2. The highest BCUT2D eigenvalue weighted by Gasteiger charge is 2.24. The van der Waals surface area contributed by atoms with Gasteiger partial charge in [-0.05, 0) is 141 Å². The van der Waals surface area contributed by atoms with E-state index in [1.165, 1.54) is 13.0 Å². The zero-order valence-electron chi connectivity index (χ0n) is 46.2. The first-order valence-electron chi connectivity index (χ1n) is 26.3. The average molecular weight is 1210 g/mol. The number of fused-ring (bicyclic) bond motifs is 1. The standard InChI is InChI=1S/C56H75IN10O12/c1-37-30-51(70)79-49-33-44(18-19-45(37)49)76-36-50(69)59-23-10-11-28-78-65-38(2)40-17-20-48(46(32-40)54(73)60-24-9-8-16-47(63-57)52(58)71)74-27-13-26-67-34-42(64-66-67)35-75-43-15-12-14-41(31-43)53(72)61-25-21-56(6,7)77-29-22-55(4,5)62-39(3)68/h12,14-15,17-20,30-34,47,63H,8-11,13,16,21-29,35-36H2,1-7H3,(H2,58,71)(H,59,69)(H,60,73)(H,61,72)(H,62,68)/b65-38+/t47-/m0/s1. The number of amides is 5. The molecule has 23 heteroatoms. The van der Waals surface area contributed by atoms with E-state index in [0.717, 1.165) is 10.9 Å². The second-order valence-electron chi connectivity index (χ2n) is 20.2. The summed E-state index contributed by atoms with van der Waals surface area (Å²) in [4.78, 5) is 79.5. The van der Waals surface area contributed by atoms with Crippen molar-refractivity contribution < 1.29 is 52.2 Å². The van der Waals surface area contributed by atoms with E-state index in [-0.39, 0.29) is 49.0 Å². The molecule has 79 heavy (non-hydrogen) atoms. The Labute approximate surface area is 474 Å². The summed E-state index contributed by atoms with van der Waals surface area (Å²) >= 11 is 1.90. The van der Waals surface area contributed by atoms with Gasteiger partial charge in [0.15, 0.2) is 6.61 Å².